The number of aliphatic hydroxyl groups excluding tert-OH is 1. The monoisotopic (exact) mass is 275 g/mol. The van der Waals surface area contributed by atoms with Crippen LogP contribution in [-0.2, 0) is 15.1 Å². The Hall–Kier alpha value is -2.04. The quantitative estimate of drug-likeness (QED) is 0.630. The lowest BCUT2D eigenvalue weighted by Gasteiger charge is -2.37. The maximum absolute atomic E-state index is 12.4. The van der Waals surface area contributed by atoms with E-state index in [4.69, 9.17) is 0 Å². The topological polar surface area (TPSA) is 68.5 Å². The fourth-order valence-electron chi connectivity index (χ4n) is 3.57. The standard InChI is InChI=1S/C15H17NO4/c1-9-5-6-10-12(17)11(14(19)20-2)13(18)15(16(9)10)7-3-4-8-15/h5-6,18H,3-4,7-8H2,1-2H3. The smallest absolute Gasteiger partial charge is 0.345 e. The third kappa shape index (κ3) is 1.43. The van der Waals surface area contributed by atoms with Crippen LogP contribution in [0.15, 0.2) is 23.5 Å². The van der Waals surface area contributed by atoms with Gasteiger partial charge in [0.25, 0.3) is 0 Å². The highest BCUT2D eigenvalue weighted by molar-refractivity contribution is 6.24. The molecule has 1 aliphatic heterocycles. The maximum atomic E-state index is 12.4. The van der Waals surface area contributed by atoms with Crippen molar-refractivity contribution < 1.29 is 19.4 Å². The Bertz CT molecular complexity index is 632. The van der Waals surface area contributed by atoms with Crippen LogP contribution in [-0.4, -0.2) is 28.5 Å². The number of aliphatic hydroxyl groups is 1. The third-order valence-electron chi connectivity index (χ3n) is 4.46. The number of hydrogen-bond acceptors (Lipinski definition) is 4. The Kier molecular flexibility index (Phi) is 2.74. The summed E-state index contributed by atoms with van der Waals surface area (Å²) in [4.78, 5) is 24.3. The van der Waals surface area contributed by atoms with Crippen molar-refractivity contribution in [2.45, 2.75) is 38.1 Å². The van der Waals surface area contributed by atoms with Gasteiger partial charge < -0.3 is 14.4 Å². The number of fused-ring (bicyclic) bond motifs is 2. The van der Waals surface area contributed by atoms with Gasteiger partial charge in [0.1, 0.15) is 16.9 Å². The van der Waals surface area contributed by atoms with Crippen molar-refractivity contribution in [2.24, 2.45) is 0 Å². The molecule has 1 aromatic rings. The lowest BCUT2D eigenvalue weighted by Crippen LogP contribution is -2.42. The van der Waals surface area contributed by atoms with Crippen molar-refractivity contribution >= 4 is 11.8 Å². The van der Waals surface area contributed by atoms with Crippen LogP contribution in [0, 0.1) is 6.92 Å². The largest absolute Gasteiger partial charge is 0.509 e. The number of aryl methyl sites for hydroxylation is 1. The van der Waals surface area contributed by atoms with E-state index < -0.39 is 17.3 Å². The molecule has 20 heavy (non-hydrogen) atoms. The summed E-state index contributed by atoms with van der Waals surface area (Å²) in [7, 11) is 1.22. The molecule has 5 heteroatoms. The molecule has 1 fully saturated rings. The summed E-state index contributed by atoms with van der Waals surface area (Å²) in [6.45, 7) is 1.91. The number of esters is 1. The summed E-state index contributed by atoms with van der Waals surface area (Å²) in [5.41, 5.74) is 0.522. The minimum atomic E-state index is -0.760. The van der Waals surface area contributed by atoms with E-state index in [1.54, 1.807) is 6.07 Å². The fourth-order valence-corrected chi connectivity index (χ4v) is 3.57. The number of ketones is 1. The Morgan fingerprint density at radius 2 is 2.00 bits per heavy atom. The average molecular weight is 275 g/mol. The van der Waals surface area contributed by atoms with E-state index in [1.807, 2.05) is 17.6 Å². The highest BCUT2D eigenvalue weighted by Crippen LogP contribution is 2.47. The van der Waals surface area contributed by atoms with Gasteiger partial charge in [-0.3, -0.25) is 4.79 Å². The van der Waals surface area contributed by atoms with E-state index in [1.165, 1.54) is 7.11 Å². The Morgan fingerprint density at radius 3 is 2.60 bits per heavy atom. The van der Waals surface area contributed by atoms with E-state index >= 15 is 0 Å². The number of carbonyl (C=O) groups excluding carboxylic acids is 2. The fraction of sp³-hybridized carbons (Fsp3) is 0.467. The van der Waals surface area contributed by atoms with E-state index in [0.717, 1.165) is 31.4 Å². The van der Waals surface area contributed by atoms with Crippen LogP contribution >= 0.6 is 0 Å². The lowest BCUT2D eigenvalue weighted by atomic mass is 9.85. The van der Waals surface area contributed by atoms with Gasteiger partial charge in [0.2, 0.25) is 5.78 Å². The van der Waals surface area contributed by atoms with Crippen LogP contribution in [0.25, 0.3) is 0 Å². The zero-order valence-electron chi connectivity index (χ0n) is 11.6. The number of rotatable bonds is 1. The molecule has 1 aliphatic carbocycles. The zero-order chi connectivity index (χ0) is 14.5. The van der Waals surface area contributed by atoms with Crippen LogP contribution in [0.5, 0.6) is 0 Å². The molecule has 1 aromatic heterocycles. The first-order chi connectivity index (χ1) is 9.53. The SMILES string of the molecule is COC(=O)C1=C(O)C2(CCCC2)n2c(C)ccc2C1=O. The predicted molar refractivity (Wildman–Crippen MR) is 71.6 cm³/mol. The molecule has 2 aliphatic rings. The molecule has 1 saturated carbocycles. The van der Waals surface area contributed by atoms with Gasteiger partial charge in [0, 0.05) is 5.69 Å². The first kappa shape index (κ1) is 13.0. The second kappa shape index (κ2) is 4.23. The van der Waals surface area contributed by atoms with Crippen molar-refractivity contribution in [1.82, 2.24) is 4.57 Å². The summed E-state index contributed by atoms with van der Waals surface area (Å²) in [6, 6.07) is 3.56. The predicted octanol–water partition coefficient (Wildman–Crippen LogP) is 2.25. The normalized spacial score (nSPS) is 20.4. The van der Waals surface area contributed by atoms with Crippen LogP contribution in [0.2, 0.25) is 0 Å². The van der Waals surface area contributed by atoms with Crippen molar-refractivity contribution in [3.8, 4) is 0 Å². The first-order valence-corrected chi connectivity index (χ1v) is 6.78. The molecule has 0 amide bonds. The molecule has 1 N–H and O–H groups in total. The highest BCUT2D eigenvalue weighted by atomic mass is 16.5. The van der Waals surface area contributed by atoms with Gasteiger partial charge in [0.05, 0.1) is 12.8 Å². The number of nitrogens with zero attached hydrogens (tertiary/aromatic N) is 1. The second-order valence-corrected chi connectivity index (χ2v) is 5.48. The van der Waals surface area contributed by atoms with Crippen LogP contribution in [0.1, 0.15) is 41.9 Å². The van der Waals surface area contributed by atoms with Crippen molar-refractivity contribution in [2.75, 3.05) is 7.11 Å². The van der Waals surface area contributed by atoms with Crippen LogP contribution in [0.4, 0.5) is 0 Å². The first-order valence-electron chi connectivity index (χ1n) is 6.78. The molecule has 0 unspecified atom stereocenters. The molecule has 0 aromatic carbocycles. The zero-order valence-corrected chi connectivity index (χ0v) is 11.6. The van der Waals surface area contributed by atoms with Crippen molar-refractivity contribution in [1.29, 1.82) is 0 Å². The molecular formula is C15H17NO4. The number of hydrogen-bond donors (Lipinski definition) is 1. The Balaban J connectivity index is 2.29. The minimum Gasteiger partial charge on any atom is -0.509 e. The molecule has 0 bridgehead atoms. The number of ether oxygens (including phenoxy) is 1. The van der Waals surface area contributed by atoms with Gasteiger partial charge in [0.15, 0.2) is 0 Å². The summed E-state index contributed by atoms with van der Waals surface area (Å²) < 4.78 is 6.56. The molecule has 0 atom stereocenters. The Morgan fingerprint density at radius 1 is 1.35 bits per heavy atom. The van der Waals surface area contributed by atoms with Gasteiger partial charge in [-0.2, -0.15) is 0 Å². The van der Waals surface area contributed by atoms with Crippen LogP contribution in [0.3, 0.4) is 0 Å². The van der Waals surface area contributed by atoms with Crippen molar-refractivity contribution in [3.63, 3.8) is 0 Å². The maximum Gasteiger partial charge on any atom is 0.345 e. The summed E-state index contributed by atoms with van der Waals surface area (Å²) >= 11 is 0. The molecule has 5 nitrogen and oxygen atoms in total. The van der Waals surface area contributed by atoms with E-state index in [-0.39, 0.29) is 11.3 Å². The third-order valence-corrected chi connectivity index (χ3v) is 4.46. The van der Waals surface area contributed by atoms with Crippen molar-refractivity contribution in [3.05, 3.63) is 34.9 Å². The van der Waals surface area contributed by atoms with Gasteiger partial charge >= 0.3 is 5.97 Å². The van der Waals surface area contributed by atoms with Crippen LogP contribution < -0.4 is 0 Å². The molecule has 1 spiro atoms. The van der Waals surface area contributed by atoms with Gasteiger partial charge in [-0.15, -0.1) is 0 Å². The molecule has 0 radical (unpaired) electrons. The number of aromatic nitrogens is 1. The van der Waals surface area contributed by atoms with Gasteiger partial charge in [-0.05, 0) is 31.9 Å². The highest BCUT2D eigenvalue weighted by Gasteiger charge is 2.49. The second-order valence-electron chi connectivity index (χ2n) is 5.48. The van der Waals surface area contributed by atoms with E-state index in [0.29, 0.717) is 5.69 Å². The van der Waals surface area contributed by atoms with Gasteiger partial charge in [-0.25, -0.2) is 4.79 Å². The number of carbonyl (C=O) groups is 2. The summed E-state index contributed by atoms with van der Waals surface area (Å²) in [5, 5.41) is 10.6. The number of Topliss-reactive ketones (excluding diaryl/α,β-unsaturated/α-hetero) is 1. The Labute approximate surface area is 116 Å². The molecular weight excluding hydrogens is 258 g/mol. The summed E-state index contributed by atoms with van der Waals surface area (Å²) in [6.07, 6.45) is 3.39. The average Bonchev–Trinajstić information content (AvgIpc) is 3.04. The number of allylic oxidation sites excluding steroid dienone is 1. The molecule has 2 heterocycles. The van der Waals surface area contributed by atoms with Gasteiger partial charge in [-0.1, -0.05) is 12.8 Å². The number of methoxy groups -OCH3 is 1. The molecule has 106 valence electrons. The lowest BCUT2D eigenvalue weighted by molar-refractivity contribution is -0.136. The minimum absolute atomic E-state index is 0.126. The molecule has 3 rings (SSSR count). The van der Waals surface area contributed by atoms with E-state index in [2.05, 4.69) is 4.74 Å². The van der Waals surface area contributed by atoms with E-state index in [9.17, 15) is 14.7 Å². The summed E-state index contributed by atoms with van der Waals surface area (Å²) in [5.74, 6) is -1.34. The molecule has 0 saturated heterocycles.